The number of Topliss-reactive ketones (excluding diaryl/α,β-unsaturated/α-hetero) is 1. The van der Waals surface area contributed by atoms with E-state index in [2.05, 4.69) is 0 Å². The summed E-state index contributed by atoms with van der Waals surface area (Å²) in [7, 11) is 0. The van der Waals surface area contributed by atoms with E-state index in [1.165, 1.54) is 0 Å². The van der Waals surface area contributed by atoms with Crippen LogP contribution < -0.4 is 0 Å². The first-order chi connectivity index (χ1) is 7.87. The number of aryl methyl sites for hydroxylation is 1. The van der Waals surface area contributed by atoms with Gasteiger partial charge in [0.2, 0.25) is 0 Å². The van der Waals surface area contributed by atoms with Crippen molar-refractivity contribution < 1.29 is 18.0 Å². The van der Waals surface area contributed by atoms with Crippen LogP contribution in [0.25, 0.3) is 0 Å². The topological polar surface area (TPSA) is 17.1 Å². The molecule has 0 unspecified atom stereocenters. The van der Waals surface area contributed by atoms with Gasteiger partial charge in [0.05, 0.1) is 0 Å². The maximum atomic E-state index is 11.9. The Kier molecular flexibility index (Phi) is 4.73. The van der Waals surface area contributed by atoms with Crippen LogP contribution in [-0.4, -0.2) is 12.0 Å². The third kappa shape index (κ3) is 6.09. The summed E-state index contributed by atoms with van der Waals surface area (Å²) in [6.07, 6.45) is -4.95. The van der Waals surface area contributed by atoms with Crippen LogP contribution in [-0.2, 0) is 11.2 Å². The van der Waals surface area contributed by atoms with Gasteiger partial charge >= 0.3 is 6.18 Å². The average molecular weight is 244 g/mol. The first kappa shape index (κ1) is 13.7. The predicted molar refractivity (Wildman–Crippen MR) is 59.8 cm³/mol. The molecule has 0 aromatic heterocycles. The molecule has 0 aliphatic heterocycles. The lowest BCUT2D eigenvalue weighted by Crippen LogP contribution is -2.09. The van der Waals surface area contributed by atoms with Crippen LogP contribution in [0.1, 0.15) is 30.4 Å². The molecule has 17 heavy (non-hydrogen) atoms. The first-order valence-electron chi connectivity index (χ1n) is 5.51. The Labute approximate surface area is 98.6 Å². The van der Waals surface area contributed by atoms with Crippen LogP contribution in [0.4, 0.5) is 13.2 Å². The summed E-state index contributed by atoms with van der Waals surface area (Å²) in [5, 5.41) is 0. The Morgan fingerprint density at radius 1 is 1.29 bits per heavy atom. The molecular formula is C13H15F3O. The molecule has 1 nitrogen and oxygen atoms in total. The van der Waals surface area contributed by atoms with Crippen molar-refractivity contribution in [3.8, 4) is 0 Å². The Balaban J connectivity index is 2.35. The highest BCUT2D eigenvalue weighted by Gasteiger charge is 2.26. The lowest BCUT2D eigenvalue weighted by atomic mass is 10.0. The first-order valence-corrected chi connectivity index (χ1v) is 5.51. The molecule has 0 spiro atoms. The number of benzene rings is 1. The number of alkyl halides is 3. The van der Waals surface area contributed by atoms with Gasteiger partial charge in [0.1, 0.15) is 5.78 Å². The summed E-state index contributed by atoms with van der Waals surface area (Å²) in [6.45, 7) is 1.91. The summed E-state index contributed by atoms with van der Waals surface area (Å²) in [4.78, 5) is 11.4. The van der Waals surface area contributed by atoms with E-state index in [0.717, 1.165) is 11.1 Å². The molecule has 0 amide bonds. The SMILES string of the molecule is Cc1cccc(CC(=O)CCCC(F)(F)F)c1. The normalized spacial score (nSPS) is 11.5. The third-order valence-corrected chi connectivity index (χ3v) is 2.40. The highest BCUT2D eigenvalue weighted by Crippen LogP contribution is 2.22. The van der Waals surface area contributed by atoms with Crippen molar-refractivity contribution in [2.75, 3.05) is 0 Å². The number of halogens is 3. The monoisotopic (exact) mass is 244 g/mol. The maximum Gasteiger partial charge on any atom is 0.389 e. The van der Waals surface area contributed by atoms with Crippen molar-refractivity contribution in [1.29, 1.82) is 0 Å². The van der Waals surface area contributed by atoms with Gasteiger partial charge in [0.25, 0.3) is 0 Å². The highest BCUT2D eigenvalue weighted by molar-refractivity contribution is 5.80. The second-order valence-electron chi connectivity index (χ2n) is 4.17. The molecule has 0 fully saturated rings. The van der Waals surface area contributed by atoms with Crippen LogP contribution in [0, 0.1) is 6.92 Å². The van der Waals surface area contributed by atoms with Gasteiger partial charge in [-0.3, -0.25) is 4.79 Å². The van der Waals surface area contributed by atoms with Crippen LogP contribution in [0.5, 0.6) is 0 Å². The van der Waals surface area contributed by atoms with Crippen LogP contribution in [0.2, 0.25) is 0 Å². The number of carbonyl (C=O) groups is 1. The zero-order chi connectivity index (χ0) is 12.9. The molecule has 94 valence electrons. The molecule has 0 saturated carbocycles. The Morgan fingerprint density at radius 2 is 2.00 bits per heavy atom. The zero-order valence-corrected chi connectivity index (χ0v) is 9.68. The molecule has 1 rings (SSSR count). The summed E-state index contributed by atoms with van der Waals surface area (Å²) >= 11 is 0. The van der Waals surface area contributed by atoms with Crippen molar-refractivity contribution in [2.24, 2.45) is 0 Å². The number of ketones is 1. The number of carbonyl (C=O) groups excluding carboxylic acids is 1. The second-order valence-corrected chi connectivity index (χ2v) is 4.17. The van der Waals surface area contributed by atoms with E-state index in [1.54, 1.807) is 0 Å². The zero-order valence-electron chi connectivity index (χ0n) is 9.68. The summed E-state index contributed by atoms with van der Waals surface area (Å²) in [6, 6.07) is 7.45. The van der Waals surface area contributed by atoms with E-state index in [9.17, 15) is 18.0 Å². The quantitative estimate of drug-likeness (QED) is 0.769. The van der Waals surface area contributed by atoms with E-state index in [-0.39, 0.29) is 25.0 Å². The van der Waals surface area contributed by atoms with Crippen molar-refractivity contribution in [2.45, 2.75) is 38.8 Å². The van der Waals surface area contributed by atoms with Gasteiger partial charge in [-0.1, -0.05) is 29.8 Å². The molecule has 0 aliphatic rings. The van der Waals surface area contributed by atoms with E-state index >= 15 is 0 Å². The summed E-state index contributed by atoms with van der Waals surface area (Å²) < 4.78 is 35.6. The summed E-state index contributed by atoms with van der Waals surface area (Å²) in [5.41, 5.74) is 1.91. The minimum absolute atomic E-state index is 0.00650. The minimum Gasteiger partial charge on any atom is -0.299 e. The van der Waals surface area contributed by atoms with E-state index in [0.29, 0.717) is 0 Å². The molecule has 1 aromatic rings. The Hall–Kier alpha value is -1.32. The number of rotatable bonds is 5. The van der Waals surface area contributed by atoms with E-state index in [1.807, 2.05) is 31.2 Å². The van der Waals surface area contributed by atoms with Gasteiger partial charge in [-0.15, -0.1) is 0 Å². The largest absolute Gasteiger partial charge is 0.389 e. The molecule has 4 heteroatoms. The van der Waals surface area contributed by atoms with Gasteiger partial charge in [-0.25, -0.2) is 0 Å². The maximum absolute atomic E-state index is 11.9. The van der Waals surface area contributed by atoms with Gasteiger partial charge in [-0.05, 0) is 18.9 Å². The Morgan fingerprint density at radius 3 is 2.59 bits per heavy atom. The van der Waals surface area contributed by atoms with Crippen LogP contribution in [0.15, 0.2) is 24.3 Å². The van der Waals surface area contributed by atoms with Crippen molar-refractivity contribution >= 4 is 5.78 Å². The van der Waals surface area contributed by atoms with E-state index < -0.39 is 12.6 Å². The lowest BCUT2D eigenvalue weighted by Gasteiger charge is -2.05. The molecule has 0 radical (unpaired) electrons. The van der Waals surface area contributed by atoms with Crippen LogP contribution in [0.3, 0.4) is 0 Å². The molecular weight excluding hydrogens is 229 g/mol. The third-order valence-electron chi connectivity index (χ3n) is 2.40. The van der Waals surface area contributed by atoms with Gasteiger partial charge in [-0.2, -0.15) is 13.2 Å². The predicted octanol–water partition coefficient (Wildman–Crippen LogP) is 3.84. The highest BCUT2D eigenvalue weighted by atomic mass is 19.4. The van der Waals surface area contributed by atoms with Gasteiger partial charge in [0.15, 0.2) is 0 Å². The fourth-order valence-corrected chi connectivity index (χ4v) is 1.62. The van der Waals surface area contributed by atoms with Crippen LogP contribution >= 0.6 is 0 Å². The molecule has 1 aromatic carbocycles. The van der Waals surface area contributed by atoms with E-state index in [4.69, 9.17) is 0 Å². The number of hydrogen-bond donors (Lipinski definition) is 0. The molecule has 0 saturated heterocycles. The second kappa shape index (κ2) is 5.84. The average Bonchev–Trinajstić information content (AvgIpc) is 2.15. The molecule has 0 N–H and O–H groups in total. The molecule has 0 heterocycles. The van der Waals surface area contributed by atoms with Gasteiger partial charge < -0.3 is 0 Å². The smallest absolute Gasteiger partial charge is 0.299 e. The fourth-order valence-electron chi connectivity index (χ4n) is 1.62. The van der Waals surface area contributed by atoms with Crippen molar-refractivity contribution in [3.05, 3.63) is 35.4 Å². The minimum atomic E-state index is -4.16. The molecule has 0 bridgehead atoms. The van der Waals surface area contributed by atoms with Gasteiger partial charge in [0, 0.05) is 19.3 Å². The molecule has 0 atom stereocenters. The Bertz CT molecular complexity index is 382. The fraction of sp³-hybridized carbons (Fsp3) is 0.462. The standard InChI is InChI=1S/C13H15F3O/c1-10-4-2-5-11(8-10)9-12(17)6-3-7-13(14,15)16/h2,4-5,8H,3,6-7,9H2,1H3. The summed E-state index contributed by atoms with van der Waals surface area (Å²) in [5.74, 6) is -0.139. The lowest BCUT2D eigenvalue weighted by molar-refractivity contribution is -0.137. The van der Waals surface area contributed by atoms with Crippen molar-refractivity contribution in [1.82, 2.24) is 0 Å². The van der Waals surface area contributed by atoms with Crippen molar-refractivity contribution in [3.63, 3.8) is 0 Å². The molecule has 0 aliphatic carbocycles. The number of hydrogen-bond acceptors (Lipinski definition) is 1.